The quantitative estimate of drug-likeness (QED) is 0.880. The number of nitrogens with one attached hydrogen (secondary N) is 1. The number of amides is 1. The number of rotatable bonds is 5. The molecule has 0 spiro atoms. The predicted molar refractivity (Wildman–Crippen MR) is 106 cm³/mol. The van der Waals surface area contributed by atoms with E-state index in [1.165, 1.54) is 24.8 Å². The van der Waals surface area contributed by atoms with Gasteiger partial charge in [0.15, 0.2) is 5.82 Å². The highest BCUT2D eigenvalue weighted by Crippen LogP contribution is 2.45. The molecule has 1 aromatic carbocycles. The van der Waals surface area contributed by atoms with Crippen LogP contribution >= 0.6 is 0 Å². The van der Waals surface area contributed by atoms with E-state index in [2.05, 4.69) is 28.1 Å². The van der Waals surface area contributed by atoms with Crippen LogP contribution in [0.3, 0.4) is 0 Å². The molecule has 1 saturated carbocycles. The van der Waals surface area contributed by atoms with Gasteiger partial charge in [0.1, 0.15) is 5.82 Å². The zero-order valence-corrected chi connectivity index (χ0v) is 16.6. The molecule has 1 aliphatic heterocycles. The number of carbonyl (C=O) groups excluding carboxylic acids is 1. The van der Waals surface area contributed by atoms with Crippen LogP contribution in [-0.2, 0) is 6.54 Å². The first-order chi connectivity index (χ1) is 13.0. The van der Waals surface area contributed by atoms with E-state index in [-0.39, 0.29) is 5.91 Å². The molecule has 1 saturated heterocycles. The van der Waals surface area contributed by atoms with E-state index < -0.39 is 0 Å². The first-order valence-electron chi connectivity index (χ1n) is 10.0. The summed E-state index contributed by atoms with van der Waals surface area (Å²) in [6, 6.07) is 4.24. The van der Waals surface area contributed by atoms with Gasteiger partial charge in [0, 0.05) is 24.2 Å². The van der Waals surface area contributed by atoms with Crippen LogP contribution in [0.2, 0.25) is 0 Å². The van der Waals surface area contributed by atoms with Crippen LogP contribution in [-0.4, -0.2) is 58.1 Å². The zero-order chi connectivity index (χ0) is 19.0. The molecule has 1 aliphatic carbocycles. The van der Waals surface area contributed by atoms with Crippen molar-refractivity contribution in [3.63, 3.8) is 0 Å². The molecule has 2 aliphatic rings. The number of likely N-dealkylation sites (tertiary alicyclic amines) is 1. The van der Waals surface area contributed by atoms with Crippen LogP contribution in [0, 0.1) is 6.92 Å². The highest BCUT2D eigenvalue weighted by Gasteiger charge is 2.30. The van der Waals surface area contributed by atoms with Crippen LogP contribution in [0.4, 0.5) is 0 Å². The summed E-state index contributed by atoms with van der Waals surface area (Å²) in [7, 11) is 4.03. The third kappa shape index (κ3) is 3.90. The molecular weight excluding hydrogens is 338 g/mol. The van der Waals surface area contributed by atoms with Gasteiger partial charge in [-0.3, -0.25) is 9.89 Å². The number of H-pyrrole nitrogens is 1. The monoisotopic (exact) mass is 367 g/mol. The maximum atomic E-state index is 13.1. The second-order valence-corrected chi connectivity index (χ2v) is 8.23. The Hall–Kier alpha value is -2.21. The number of aromatic nitrogens is 3. The number of hydrogen-bond acceptors (Lipinski definition) is 4. The van der Waals surface area contributed by atoms with Crippen molar-refractivity contribution < 1.29 is 4.79 Å². The summed E-state index contributed by atoms with van der Waals surface area (Å²) >= 11 is 0. The van der Waals surface area contributed by atoms with Gasteiger partial charge in [-0.05, 0) is 76.2 Å². The fraction of sp³-hybridized carbons (Fsp3) is 0.571. The summed E-state index contributed by atoms with van der Waals surface area (Å²) in [6.45, 7) is 4.51. The molecule has 4 rings (SSSR count). The number of piperidine rings is 1. The van der Waals surface area contributed by atoms with E-state index in [4.69, 9.17) is 4.98 Å². The summed E-state index contributed by atoms with van der Waals surface area (Å²) in [6.07, 6.45) is 5.85. The maximum absolute atomic E-state index is 13.1. The van der Waals surface area contributed by atoms with E-state index >= 15 is 0 Å². The van der Waals surface area contributed by atoms with E-state index in [1.807, 2.05) is 25.1 Å². The second-order valence-electron chi connectivity index (χ2n) is 8.23. The Kier molecular flexibility index (Phi) is 5.00. The van der Waals surface area contributed by atoms with Crippen molar-refractivity contribution in [2.45, 2.75) is 51.5 Å². The number of carbonyl (C=O) groups is 1. The van der Waals surface area contributed by atoms with Crippen molar-refractivity contribution in [3.8, 4) is 11.4 Å². The molecular formula is C21H29N5O. The maximum Gasteiger partial charge on any atom is 0.254 e. The van der Waals surface area contributed by atoms with Crippen LogP contribution in [0.1, 0.15) is 65.3 Å². The molecule has 27 heavy (non-hydrogen) atoms. The van der Waals surface area contributed by atoms with Crippen LogP contribution in [0.15, 0.2) is 12.1 Å². The van der Waals surface area contributed by atoms with Gasteiger partial charge in [0.25, 0.3) is 5.91 Å². The minimum Gasteiger partial charge on any atom is -0.339 e. The number of benzene rings is 1. The van der Waals surface area contributed by atoms with Crippen molar-refractivity contribution in [2.24, 2.45) is 0 Å². The van der Waals surface area contributed by atoms with Crippen molar-refractivity contribution >= 4 is 5.91 Å². The summed E-state index contributed by atoms with van der Waals surface area (Å²) in [4.78, 5) is 21.9. The van der Waals surface area contributed by atoms with Gasteiger partial charge < -0.3 is 9.80 Å². The molecule has 1 aromatic heterocycles. The average Bonchev–Trinajstić information content (AvgIpc) is 3.41. The predicted octanol–water partition coefficient (Wildman–Crippen LogP) is 3.35. The lowest BCUT2D eigenvalue weighted by molar-refractivity contribution is 0.0723. The molecule has 2 aromatic rings. The molecule has 0 atom stereocenters. The van der Waals surface area contributed by atoms with Crippen molar-refractivity contribution in [1.82, 2.24) is 25.0 Å². The van der Waals surface area contributed by atoms with Gasteiger partial charge in [-0.1, -0.05) is 6.07 Å². The largest absolute Gasteiger partial charge is 0.339 e. The Labute approximate surface area is 161 Å². The van der Waals surface area contributed by atoms with Crippen LogP contribution in [0.25, 0.3) is 11.4 Å². The van der Waals surface area contributed by atoms with E-state index in [0.29, 0.717) is 11.7 Å². The molecule has 0 bridgehead atoms. The van der Waals surface area contributed by atoms with Crippen molar-refractivity contribution in [3.05, 3.63) is 34.6 Å². The summed E-state index contributed by atoms with van der Waals surface area (Å²) in [5.41, 5.74) is 4.18. The number of aryl methyl sites for hydroxylation is 1. The van der Waals surface area contributed by atoms with Crippen LogP contribution < -0.4 is 0 Å². The van der Waals surface area contributed by atoms with Gasteiger partial charge in [-0.25, -0.2) is 4.98 Å². The SMILES string of the molecule is Cc1cc(C2CC2)c(-c2n[nH]c(CN(C)C)n2)cc1C(=O)N1CCCCC1. The number of aromatic amines is 1. The summed E-state index contributed by atoms with van der Waals surface area (Å²) < 4.78 is 0. The Bertz CT molecular complexity index is 831. The molecule has 0 unspecified atom stereocenters. The topological polar surface area (TPSA) is 65.1 Å². The van der Waals surface area contributed by atoms with Crippen LogP contribution in [0.5, 0.6) is 0 Å². The molecule has 2 heterocycles. The fourth-order valence-corrected chi connectivity index (χ4v) is 3.94. The Morgan fingerprint density at radius 1 is 1.22 bits per heavy atom. The first-order valence-corrected chi connectivity index (χ1v) is 10.0. The first kappa shape index (κ1) is 18.2. The number of nitrogens with zero attached hydrogens (tertiary/aromatic N) is 4. The summed E-state index contributed by atoms with van der Waals surface area (Å²) in [5.74, 6) is 2.29. The van der Waals surface area contributed by atoms with E-state index in [0.717, 1.165) is 55.0 Å². The molecule has 1 amide bonds. The minimum absolute atomic E-state index is 0.153. The molecule has 144 valence electrons. The van der Waals surface area contributed by atoms with Gasteiger partial charge in [0.2, 0.25) is 0 Å². The lowest BCUT2D eigenvalue weighted by Gasteiger charge is -2.27. The third-order valence-corrected chi connectivity index (χ3v) is 5.53. The Morgan fingerprint density at radius 2 is 1.96 bits per heavy atom. The minimum atomic E-state index is 0.153. The standard InChI is InChI=1S/C21H29N5O/c1-14-11-17(15-7-8-15)18(20-22-19(23-24-20)13-25(2)3)12-16(14)21(27)26-9-5-4-6-10-26/h11-12,15H,4-10,13H2,1-3H3,(H,22,23,24). The van der Waals surface area contributed by atoms with E-state index in [9.17, 15) is 4.79 Å². The smallest absolute Gasteiger partial charge is 0.254 e. The highest BCUT2D eigenvalue weighted by atomic mass is 16.2. The van der Waals surface area contributed by atoms with Gasteiger partial charge in [-0.15, -0.1) is 0 Å². The lowest BCUT2D eigenvalue weighted by atomic mass is 9.94. The van der Waals surface area contributed by atoms with Gasteiger partial charge in [-0.2, -0.15) is 5.10 Å². The normalized spacial score (nSPS) is 17.6. The molecule has 6 nitrogen and oxygen atoms in total. The fourth-order valence-electron chi connectivity index (χ4n) is 3.94. The average molecular weight is 367 g/mol. The lowest BCUT2D eigenvalue weighted by Crippen LogP contribution is -2.36. The Balaban J connectivity index is 1.70. The van der Waals surface area contributed by atoms with Gasteiger partial charge in [0.05, 0.1) is 6.54 Å². The molecule has 2 fully saturated rings. The van der Waals surface area contributed by atoms with Crippen molar-refractivity contribution in [1.29, 1.82) is 0 Å². The van der Waals surface area contributed by atoms with E-state index in [1.54, 1.807) is 0 Å². The number of hydrogen-bond donors (Lipinski definition) is 1. The highest BCUT2D eigenvalue weighted by molar-refractivity contribution is 5.97. The summed E-state index contributed by atoms with van der Waals surface area (Å²) in [5, 5.41) is 7.52. The molecule has 0 radical (unpaired) electrons. The molecule has 1 N–H and O–H groups in total. The Morgan fingerprint density at radius 3 is 2.63 bits per heavy atom. The zero-order valence-electron chi connectivity index (χ0n) is 16.6. The second kappa shape index (κ2) is 7.43. The van der Waals surface area contributed by atoms with Gasteiger partial charge >= 0.3 is 0 Å². The van der Waals surface area contributed by atoms with Crippen molar-refractivity contribution in [2.75, 3.05) is 27.2 Å². The molecule has 6 heteroatoms. The third-order valence-electron chi connectivity index (χ3n) is 5.53.